The molecule has 4 rings (SSSR count). The van der Waals surface area contributed by atoms with Crippen LogP contribution >= 0.6 is 11.3 Å². The Kier molecular flexibility index (Phi) is 5.08. The summed E-state index contributed by atoms with van der Waals surface area (Å²) < 4.78 is 5.69. The Bertz CT molecular complexity index is 1160. The average molecular weight is 389 g/mol. The second-order valence-corrected chi connectivity index (χ2v) is 7.47. The van der Waals surface area contributed by atoms with Gasteiger partial charge in [0.1, 0.15) is 5.58 Å². The maximum absolute atomic E-state index is 12.9. The van der Waals surface area contributed by atoms with Gasteiger partial charge in [-0.15, -0.1) is 11.3 Å². The van der Waals surface area contributed by atoms with E-state index < -0.39 is 5.91 Å². The first kappa shape index (κ1) is 18.2. The number of carbonyl (C=O) groups is 1. The number of benzene rings is 2. The van der Waals surface area contributed by atoms with Crippen molar-refractivity contribution < 1.29 is 9.21 Å². The van der Waals surface area contributed by atoms with Gasteiger partial charge in [-0.25, -0.2) is 0 Å². The summed E-state index contributed by atoms with van der Waals surface area (Å²) in [4.78, 5) is 26.2. The van der Waals surface area contributed by atoms with E-state index >= 15 is 0 Å². The first-order valence-corrected chi connectivity index (χ1v) is 9.99. The first-order valence-electron chi connectivity index (χ1n) is 9.11. The van der Waals surface area contributed by atoms with E-state index in [0.29, 0.717) is 11.0 Å². The minimum atomic E-state index is -0.416. The molecule has 140 valence electrons. The predicted molar refractivity (Wildman–Crippen MR) is 112 cm³/mol. The lowest BCUT2D eigenvalue weighted by Crippen LogP contribution is -2.29. The van der Waals surface area contributed by atoms with Gasteiger partial charge in [0.2, 0.25) is 0 Å². The number of hydrogen-bond acceptors (Lipinski definition) is 4. The zero-order valence-corrected chi connectivity index (χ0v) is 16.2. The van der Waals surface area contributed by atoms with Crippen LogP contribution in [0.25, 0.3) is 11.0 Å². The molecule has 1 N–H and O–H groups in total. The van der Waals surface area contributed by atoms with E-state index in [2.05, 4.69) is 24.4 Å². The van der Waals surface area contributed by atoms with Crippen molar-refractivity contribution in [1.29, 1.82) is 0 Å². The van der Waals surface area contributed by atoms with Gasteiger partial charge in [0.25, 0.3) is 5.91 Å². The molecule has 1 atom stereocenters. The van der Waals surface area contributed by atoms with Crippen molar-refractivity contribution >= 4 is 28.2 Å². The molecule has 0 aliphatic carbocycles. The minimum absolute atomic E-state index is 0.00966. The average Bonchev–Trinajstić information content (AvgIpc) is 3.26. The second kappa shape index (κ2) is 7.82. The number of hydrogen-bond donors (Lipinski definition) is 1. The van der Waals surface area contributed by atoms with Crippen LogP contribution in [0.3, 0.4) is 0 Å². The number of rotatable bonds is 5. The molecule has 1 amide bonds. The molecule has 0 spiro atoms. The van der Waals surface area contributed by atoms with Crippen molar-refractivity contribution in [3.05, 3.63) is 104 Å². The van der Waals surface area contributed by atoms with Gasteiger partial charge in [-0.05, 0) is 41.1 Å². The Hall–Kier alpha value is -3.18. The number of thiophene rings is 1. The van der Waals surface area contributed by atoms with Crippen molar-refractivity contribution in [1.82, 2.24) is 5.32 Å². The van der Waals surface area contributed by atoms with Crippen LogP contribution in [-0.2, 0) is 6.42 Å². The van der Waals surface area contributed by atoms with Gasteiger partial charge in [-0.2, -0.15) is 0 Å². The van der Waals surface area contributed by atoms with E-state index in [1.54, 1.807) is 35.6 Å². The van der Waals surface area contributed by atoms with Crippen molar-refractivity contribution in [2.45, 2.75) is 19.4 Å². The lowest BCUT2D eigenvalue weighted by molar-refractivity contribution is 0.0916. The first-order chi connectivity index (χ1) is 13.7. The summed E-state index contributed by atoms with van der Waals surface area (Å²) in [6, 6.07) is 20.0. The Labute approximate surface area is 166 Å². The summed E-state index contributed by atoms with van der Waals surface area (Å²) in [6.07, 6.45) is 0.957. The van der Waals surface area contributed by atoms with Crippen molar-refractivity contribution in [2.24, 2.45) is 0 Å². The molecule has 0 saturated heterocycles. The summed E-state index contributed by atoms with van der Waals surface area (Å²) in [5, 5.41) is 5.46. The second-order valence-electron chi connectivity index (χ2n) is 6.49. The molecule has 28 heavy (non-hydrogen) atoms. The zero-order chi connectivity index (χ0) is 19.5. The summed E-state index contributed by atoms with van der Waals surface area (Å²) in [5.74, 6) is -0.406. The van der Waals surface area contributed by atoms with E-state index in [0.717, 1.165) is 16.9 Å². The quantitative estimate of drug-likeness (QED) is 0.526. The van der Waals surface area contributed by atoms with Crippen molar-refractivity contribution in [3.63, 3.8) is 0 Å². The number of nitrogens with one attached hydrogen (secondary N) is 1. The molecule has 2 heterocycles. The molecular formula is C23H19NO3S. The van der Waals surface area contributed by atoms with E-state index in [9.17, 15) is 9.59 Å². The van der Waals surface area contributed by atoms with Crippen LogP contribution in [0.5, 0.6) is 0 Å². The third-order valence-corrected chi connectivity index (χ3v) is 5.62. The molecular weight excluding hydrogens is 370 g/mol. The standard InChI is InChI=1S/C23H19NO3S/c1-2-15-9-11-16(12-10-15)22(21-8-5-13-28-21)24-23(26)20-14-18(25)17-6-3-4-7-19(17)27-20/h3-14,22H,2H2,1H3,(H,24,26)/t22-/m1/s1. The largest absolute Gasteiger partial charge is 0.451 e. The molecule has 0 saturated carbocycles. The third-order valence-electron chi connectivity index (χ3n) is 4.68. The molecule has 0 fully saturated rings. The highest BCUT2D eigenvalue weighted by Gasteiger charge is 2.21. The van der Waals surface area contributed by atoms with Crippen molar-refractivity contribution in [3.8, 4) is 0 Å². The topological polar surface area (TPSA) is 59.3 Å². The number of fused-ring (bicyclic) bond motifs is 1. The third kappa shape index (κ3) is 3.62. The van der Waals surface area contributed by atoms with Crippen LogP contribution < -0.4 is 10.7 Å². The summed E-state index contributed by atoms with van der Waals surface area (Å²) in [5.41, 5.74) is 2.39. The fraction of sp³-hybridized carbons (Fsp3) is 0.130. The monoisotopic (exact) mass is 389 g/mol. The molecule has 2 aromatic carbocycles. The SMILES string of the molecule is CCc1ccc([C@@H](NC(=O)c2cc(=O)c3ccccc3o2)c2cccs2)cc1. The molecule has 0 bridgehead atoms. The van der Waals surface area contributed by atoms with Crippen LogP contribution in [0.2, 0.25) is 0 Å². The number of amides is 1. The molecule has 0 aliphatic heterocycles. The number of carbonyl (C=O) groups excluding carboxylic acids is 1. The van der Waals surface area contributed by atoms with E-state index in [-0.39, 0.29) is 17.2 Å². The van der Waals surface area contributed by atoms with E-state index in [1.807, 2.05) is 29.6 Å². The van der Waals surface area contributed by atoms with E-state index in [1.165, 1.54) is 11.6 Å². The molecule has 5 heteroatoms. The van der Waals surface area contributed by atoms with Gasteiger partial charge in [0, 0.05) is 10.9 Å². The fourth-order valence-electron chi connectivity index (χ4n) is 3.14. The fourth-order valence-corrected chi connectivity index (χ4v) is 3.94. The van der Waals surface area contributed by atoms with Gasteiger partial charge >= 0.3 is 0 Å². The van der Waals surface area contributed by atoms with Crippen LogP contribution in [0.1, 0.15) is 39.5 Å². The highest BCUT2D eigenvalue weighted by Crippen LogP contribution is 2.27. The highest BCUT2D eigenvalue weighted by atomic mass is 32.1. The Morgan fingerprint density at radius 1 is 1.07 bits per heavy atom. The Balaban J connectivity index is 1.68. The smallest absolute Gasteiger partial charge is 0.287 e. The molecule has 0 radical (unpaired) electrons. The van der Waals surface area contributed by atoms with Gasteiger partial charge in [-0.3, -0.25) is 9.59 Å². The van der Waals surface area contributed by atoms with Crippen LogP contribution in [0, 0.1) is 0 Å². The predicted octanol–water partition coefficient (Wildman–Crippen LogP) is 4.94. The summed E-state index contributed by atoms with van der Waals surface area (Å²) in [7, 11) is 0. The zero-order valence-electron chi connectivity index (χ0n) is 15.3. The summed E-state index contributed by atoms with van der Waals surface area (Å²) >= 11 is 1.57. The summed E-state index contributed by atoms with van der Waals surface area (Å²) in [6.45, 7) is 2.11. The normalized spacial score (nSPS) is 12.0. The lowest BCUT2D eigenvalue weighted by atomic mass is 10.0. The van der Waals surface area contributed by atoms with Crippen LogP contribution in [-0.4, -0.2) is 5.91 Å². The van der Waals surface area contributed by atoms with Crippen molar-refractivity contribution in [2.75, 3.05) is 0 Å². The van der Waals surface area contributed by atoms with Crippen LogP contribution in [0.15, 0.2) is 81.3 Å². The maximum Gasteiger partial charge on any atom is 0.287 e. The van der Waals surface area contributed by atoms with Gasteiger partial charge in [0.15, 0.2) is 11.2 Å². The number of aryl methyl sites for hydroxylation is 1. The molecule has 0 aliphatic rings. The molecule has 4 nitrogen and oxygen atoms in total. The highest BCUT2D eigenvalue weighted by molar-refractivity contribution is 7.10. The molecule has 2 aromatic heterocycles. The van der Waals surface area contributed by atoms with E-state index in [4.69, 9.17) is 4.42 Å². The Morgan fingerprint density at radius 2 is 1.86 bits per heavy atom. The van der Waals surface area contributed by atoms with Gasteiger partial charge in [-0.1, -0.05) is 49.4 Å². The Morgan fingerprint density at radius 3 is 2.57 bits per heavy atom. The molecule has 4 aromatic rings. The minimum Gasteiger partial charge on any atom is -0.451 e. The maximum atomic E-state index is 12.9. The van der Waals surface area contributed by atoms with Crippen LogP contribution in [0.4, 0.5) is 0 Å². The van der Waals surface area contributed by atoms with Gasteiger partial charge < -0.3 is 9.73 Å². The number of para-hydroxylation sites is 1. The lowest BCUT2D eigenvalue weighted by Gasteiger charge is -2.18. The van der Waals surface area contributed by atoms with Gasteiger partial charge in [0.05, 0.1) is 11.4 Å². The molecule has 0 unspecified atom stereocenters.